The normalized spacial score (nSPS) is 9.75. The lowest BCUT2D eigenvalue weighted by atomic mass is 10.2. The highest BCUT2D eigenvalue weighted by atomic mass is 35.5. The van der Waals surface area contributed by atoms with E-state index in [-0.39, 0.29) is 18.0 Å². The van der Waals surface area contributed by atoms with Crippen LogP contribution in [0.5, 0.6) is 0 Å². The van der Waals surface area contributed by atoms with Crippen LogP contribution in [-0.2, 0) is 0 Å². The minimum atomic E-state index is -0.760. The molecule has 2 aromatic rings. The average Bonchev–Trinajstić information content (AvgIpc) is 2.19. The first-order valence-electron chi connectivity index (χ1n) is 4.14. The van der Waals surface area contributed by atoms with Gasteiger partial charge in [-0.15, -0.1) is 12.4 Å². The Morgan fingerprint density at radius 2 is 1.62 bits per heavy atom. The molecule has 0 saturated heterocycles. The third-order valence-corrected chi connectivity index (χ3v) is 2.01. The Balaban J connectivity index is 0.00000128. The molecule has 7 heteroatoms. The van der Waals surface area contributed by atoms with E-state index in [1.165, 1.54) is 18.2 Å². The minimum absolute atomic E-state index is 0. The number of hydrogen-bond acceptors (Lipinski definition) is 3. The molecule has 0 fully saturated rings. The molecule has 1 aromatic heterocycles. The first-order valence-corrected chi connectivity index (χ1v) is 4.14. The van der Waals surface area contributed by atoms with Crippen LogP contribution in [0.3, 0.4) is 0 Å². The molecule has 1 heterocycles. The summed E-state index contributed by atoms with van der Waals surface area (Å²) in [7, 11) is 0. The molecule has 0 aliphatic rings. The number of carbonyl (C=O) groups is 1. The Bertz CT molecular complexity index is 659. The van der Waals surface area contributed by atoms with Gasteiger partial charge in [-0.2, -0.15) is 0 Å². The highest BCUT2D eigenvalue weighted by Crippen LogP contribution is 2.08. The number of fused-ring (bicyclic) bond motifs is 1. The van der Waals surface area contributed by atoms with E-state index < -0.39 is 17.0 Å². The molecule has 0 spiro atoms. The first kappa shape index (κ1) is 12.0. The Morgan fingerprint density at radius 3 is 2.19 bits per heavy atom. The van der Waals surface area contributed by atoms with Crippen molar-refractivity contribution >= 4 is 29.3 Å². The predicted octanol–water partition coefficient (Wildman–Crippen LogP) is -0.263. The summed E-state index contributed by atoms with van der Waals surface area (Å²) in [6.45, 7) is 0. The van der Waals surface area contributed by atoms with Crippen molar-refractivity contribution in [3.05, 3.63) is 44.5 Å². The first-order chi connectivity index (χ1) is 7.08. The van der Waals surface area contributed by atoms with Gasteiger partial charge < -0.3 is 15.7 Å². The molecule has 84 valence electrons. The number of halogens is 1. The number of nitrogens with one attached hydrogen (secondary N) is 2. The largest absolute Gasteiger partial charge is 0.366 e. The summed E-state index contributed by atoms with van der Waals surface area (Å²) in [5, 5.41) is 0. The molecule has 0 bridgehead atoms. The van der Waals surface area contributed by atoms with Crippen molar-refractivity contribution in [2.75, 3.05) is 0 Å². The van der Waals surface area contributed by atoms with E-state index in [4.69, 9.17) is 5.73 Å². The van der Waals surface area contributed by atoms with Crippen molar-refractivity contribution < 1.29 is 4.79 Å². The number of rotatable bonds is 1. The quantitative estimate of drug-likeness (QED) is 0.598. The SMILES string of the molecule is Cl.NC(=O)c1ccc2[nH]c(=O)c(=O)[nH]c2c1. The number of aromatic amines is 2. The number of carbonyl (C=O) groups excluding carboxylic acids is 1. The van der Waals surface area contributed by atoms with Gasteiger partial charge in [0.15, 0.2) is 0 Å². The van der Waals surface area contributed by atoms with Gasteiger partial charge in [-0.05, 0) is 18.2 Å². The van der Waals surface area contributed by atoms with Crippen molar-refractivity contribution in [2.45, 2.75) is 0 Å². The Kier molecular flexibility index (Phi) is 3.14. The highest BCUT2D eigenvalue weighted by molar-refractivity contribution is 5.95. The van der Waals surface area contributed by atoms with Gasteiger partial charge in [0.1, 0.15) is 0 Å². The molecule has 16 heavy (non-hydrogen) atoms. The van der Waals surface area contributed by atoms with Gasteiger partial charge in [0.25, 0.3) is 0 Å². The summed E-state index contributed by atoms with van der Waals surface area (Å²) in [4.78, 5) is 37.5. The van der Waals surface area contributed by atoms with E-state index in [2.05, 4.69) is 9.97 Å². The second kappa shape index (κ2) is 4.19. The zero-order valence-electron chi connectivity index (χ0n) is 7.94. The summed E-state index contributed by atoms with van der Waals surface area (Å²) in [5.41, 5.74) is 4.67. The molecule has 0 aliphatic carbocycles. The van der Waals surface area contributed by atoms with Crippen LogP contribution >= 0.6 is 12.4 Å². The summed E-state index contributed by atoms with van der Waals surface area (Å²) in [6.07, 6.45) is 0. The lowest BCUT2D eigenvalue weighted by Gasteiger charge is -1.98. The third kappa shape index (κ3) is 1.96. The summed E-state index contributed by atoms with van der Waals surface area (Å²) >= 11 is 0. The van der Waals surface area contributed by atoms with Gasteiger partial charge in [-0.25, -0.2) is 0 Å². The highest BCUT2D eigenvalue weighted by Gasteiger charge is 2.03. The van der Waals surface area contributed by atoms with Gasteiger partial charge in [0.05, 0.1) is 11.0 Å². The molecular formula is C9H8ClN3O3. The number of amides is 1. The van der Waals surface area contributed by atoms with Crippen LogP contribution in [0.15, 0.2) is 27.8 Å². The van der Waals surface area contributed by atoms with Gasteiger partial charge in [0, 0.05) is 5.56 Å². The predicted molar refractivity (Wildman–Crippen MR) is 61.0 cm³/mol. The van der Waals surface area contributed by atoms with Gasteiger partial charge in [0.2, 0.25) is 5.91 Å². The number of H-pyrrole nitrogens is 2. The molecule has 0 radical (unpaired) electrons. The van der Waals surface area contributed by atoms with Crippen LogP contribution in [0.25, 0.3) is 11.0 Å². The zero-order valence-corrected chi connectivity index (χ0v) is 8.76. The zero-order chi connectivity index (χ0) is 11.0. The average molecular weight is 242 g/mol. The van der Waals surface area contributed by atoms with E-state index in [1.807, 2.05) is 0 Å². The van der Waals surface area contributed by atoms with E-state index in [0.29, 0.717) is 11.0 Å². The topological polar surface area (TPSA) is 109 Å². The van der Waals surface area contributed by atoms with Crippen LogP contribution in [0, 0.1) is 0 Å². The van der Waals surface area contributed by atoms with Gasteiger partial charge >= 0.3 is 11.1 Å². The van der Waals surface area contributed by atoms with E-state index in [0.717, 1.165) is 0 Å². The molecule has 0 aliphatic heterocycles. The molecule has 0 atom stereocenters. The van der Waals surface area contributed by atoms with E-state index >= 15 is 0 Å². The monoisotopic (exact) mass is 241 g/mol. The molecule has 0 unspecified atom stereocenters. The molecule has 1 aromatic carbocycles. The van der Waals surface area contributed by atoms with Crippen molar-refractivity contribution in [3.8, 4) is 0 Å². The fourth-order valence-corrected chi connectivity index (χ4v) is 1.27. The van der Waals surface area contributed by atoms with Gasteiger partial charge in [-0.1, -0.05) is 0 Å². The Morgan fingerprint density at radius 1 is 1.06 bits per heavy atom. The minimum Gasteiger partial charge on any atom is -0.366 e. The number of benzene rings is 1. The summed E-state index contributed by atoms with van der Waals surface area (Å²) in [5.74, 6) is -0.594. The van der Waals surface area contributed by atoms with Crippen molar-refractivity contribution in [3.63, 3.8) is 0 Å². The van der Waals surface area contributed by atoms with E-state index in [1.54, 1.807) is 0 Å². The third-order valence-electron chi connectivity index (χ3n) is 2.01. The van der Waals surface area contributed by atoms with E-state index in [9.17, 15) is 14.4 Å². The van der Waals surface area contributed by atoms with Crippen LogP contribution < -0.4 is 16.9 Å². The van der Waals surface area contributed by atoms with Crippen LogP contribution in [0.4, 0.5) is 0 Å². The maximum absolute atomic E-state index is 11.0. The van der Waals surface area contributed by atoms with Crippen LogP contribution in [0.2, 0.25) is 0 Å². The lowest BCUT2D eigenvalue weighted by Crippen LogP contribution is -2.29. The second-order valence-electron chi connectivity index (χ2n) is 3.03. The second-order valence-corrected chi connectivity index (χ2v) is 3.03. The smallest absolute Gasteiger partial charge is 0.314 e. The van der Waals surface area contributed by atoms with Crippen molar-refractivity contribution in [1.29, 1.82) is 0 Å². The molecule has 4 N–H and O–H groups in total. The lowest BCUT2D eigenvalue weighted by molar-refractivity contribution is 0.100. The Hall–Kier alpha value is -2.08. The van der Waals surface area contributed by atoms with Crippen LogP contribution in [-0.4, -0.2) is 15.9 Å². The fraction of sp³-hybridized carbons (Fsp3) is 0. The molecule has 2 rings (SSSR count). The molecule has 6 nitrogen and oxygen atoms in total. The van der Waals surface area contributed by atoms with Crippen LogP contribution in [0.1, 0.15) is 10.4 Å². The summed E-state index contributed by atoms with van der Waals surface area (Å²) < 4.78 is 0. The molecule has 1 amide bonds. The number of primary amides is 1. The number of nitrogens with two attached hydrogens (primary N) is 1. The number of aromatic nitrogens is 2. The van der Waals surface area contributed by atoms with Gasteiger partial charge in [-0.3, -0.25) is 14.4 Å². The molecule has 0 saturated carbocycles. The standard InChI is InChI=1S/C9H7N3O3.ClH/c10-7(13)4-1-2-5-6(3-4)12-9(15)8(14)11-5;/h1-3H,(H2,10,13)(H,11,14)(H,12,15);1H. The number of hydrogen-bond donors (Lipinski definition) is 3. The summed E-state index contributed by atoms with van der Waals surface area (Å²) in [6, 6.07) is 4.39. The van der Waals surface area contributed by atoms with Crippen molar-refractivity contribution in [2.24, 2.45) is 5.73 Å². The van der Waals surface area contributed by atoms with Crippen molar-refractivity contribution in [1.82, 2.24) is 9.97 Å². The maximum atomic E-state index is 11.0. The Labute approximate surface area is 94.9 Å². The maximum Gasteiger partial charge on any atom is 0.314 e. The molecular weight excluding hydrogens is 234 g/mol. The fourth-order valence-electron chi connectivity index (χ4n) is 1.27.